The maximum absolute atomic E-state index is 12.2. The van der Waals surface area contributed by atoms with Crippen molar-refractivity contribution in [3.8, 4) is 0 Å². The summed E-state index contributed by atoms with van der Waals surface area (Å²) in [6.07, 6.45) is 2.09. The number of rotatable bonds is 7. The number of hydrogen-bond acceptors (Lipinski definition) is 7. The van der Waals surface area contributed by atoms with Gasteiger partial charge in [-0.3, -0.25) is 14.8 Å². The SMILES string of the molecule is CCCSc1nnc(NC(=O)c2cccc(NS(C)(=O)=O)c2)s1. The summed E-state index contributed by atoms with van der Waals surface area (Å²) in [5, 5.41) is 11.0. The highest BCUT2D eigenvalue weighted by molar-refractivity contribution is 8.01. The summed E-state index contributed by atoms with van der Waals surface area (Å²) in [5.41, 5.74) is 0.660. The van der Waals surface area contributed by atoms with Gasteiger partial charge in [-0.1, -0.05) is 36.1 Å². The molecule has 2 N–H and O–H groups in total. The van der Waals surface area contributed by atoms with Gasteiger partial charge in [-0.2, -0.15) is 0 Å². The predicted molar refractivity (Wildman–Crippen MR) is 93.8 cm³/mol. The Kier molecular flexibility index (Phi) is 5.97. The minimum absolute atomic E-state index is 0.330. The molecule has 0 atom stereocenters. The first-order chi connectivity index (χ1) is 10.9. The average molecular weight is 372 g/mol. The molecule has 0 unspecified atom stereocenters. The van der Waals surface area contributed by atoms with Crippen LogP contribution < -0.4 is 10.0 Å². The molecule has 0 spiro atoms. The van der Waals surface area contributed by atoms with Gasteiger partial charge in [0.2, 0.25) is 15.2 Å². The van der Waals surface area contributed by atoms with Gasteiger partial charge in [0.15, 0.2) is 4.34 Å². The van der Waals surface area contributed by atoms with Crippen molar-refractivity contribution < 1.29 is 13.2 Å². The van der Waals surface area contributed by atoms with Crippen molar-refractivity contribution in [3.05, 3.63) is 29.8 Å². The van der Waals surface area contributed by atoms with E-state index < -0.39 is 10.0 Å². The Morgan fingerprint density at radius 3 is 2.83 bits per heavy atom. The predicted octanol–water partition coefficient (Wildman–Crippen LogP) is 2.66. The maximum Gasteiger partial charge on any atom is 0.257 e. The molecule has 1 amide bonds. The lowest BCUT2D eigenvalue weighted by Crippen LogP contribution is -2.13. The quantitative estimate of drug-likeness (QED) is 0.572. The molecule has 7 nitrogen and oxygen atoms in total. The second kappa shape index (κ2) is 7.75. The van der Waals surface area contributed by atoms with Crippen LogP contribution in [0.5, 0.6) is 0 Å². The van der Waals surface area contributed by atoms with Crippen molar-refractivity contribution in [2.75, 3.05) is 22.0 Å². The third kappa shape index (κ3) is 5.81. The number of hydrogen-bond donors (Lipinski definition) is 2. The van der Waals surface area contributed by atoms with Crippen LogP contribution in [0.25, 0.3) is 0 Å². The van der Waals surface area contributed by atoms with Gasteiger partial charge in [-0.05, 0) is 24.6 Å². The topological polar surface area (TPSA) is 101 Å². The second-order valence-corrected chi connectivity index (χ2v) is 8.70. The van der Waals surface area contributed by atoms with E-state index in [0.717, 1.165) is 22.8 Å². The van der Waals surface area contributed by atoms with Crippen molar-refractivity contribution in [1.29, 1.82) is 0 Å². The summed E-state index contributed by atoms with van der Waals surface area (Å²) in [4.78, 5) is 12.2. The van der Waals surface area contributed by atoms with Crippen LogP contribution in [-0.2, 0) is 10.0 Å². The minimum atomic E-state index is -3.39. The van der Waals surface area contributed by atoms with Crippen LogP contribution in [0.4, 0.5) is 10.8 Å². The molecule has 124 valence electrons. The maximum atomic E-state index is 12.2. The molecule has 1 aromatic carbocycles. The first-order valence-corrected chi connectivity index (χ1v) is 10.4. The molecule has 0 saturated carbocycles. The summed E-state index contributed by atoms with van der Waals surface area (Å²) >= 11 is 2.90. The molecule has 2 rings (SSSR count). The summed E-state index contributed by atoms with van der Waals surface area (Å²) < 4.78 is 25.6. The summed E-state index contributed by atoms with van der Waals surface area (Å²) in [6, 6.07) is 6.23. The highest BCUT2D eigenvalue weighted by atomic mass is 32.2. The zero-order valence-corrected chi connectivity index (χ0v) is 15.0. The lowest BCUT2D eigenvalue weighted by Gasteiger charge is -2.06. The van der Waals surface area contributed by atoms with Gasteiger partial charge in [0.05, 0.1) is 6.26 Å². The van der Waals surface area contributed by atoms with Gasteiger partial charge < -0.3 is 0 Å². The first kappa shape index (κ1) is 17.7. The van der Waals surface area contributed by atoms with Gasteiger partial charge in [0.25, 0.3) is 5.91 Å². The van der Waals surface area contributed by atoms with Gasteiger partial charge in [0.1, 0.15) is 0 Å². The number of carbonyl (C=O) groups is 1. The normalized spacial score (nSPS) is 11.2. The third-order valence-corrected chi connectivity index (χ3v) is 5.27. The van der Waals surface area contributed by atoms with Crippen LogP contribution >= 0.6 is 23.1 Å². The van der Waals surface area contributed by atoms with Crippen LogP contribution in [0.2, 0.25) is 0 Å². The molecule has 0 radical (unpaired) electrons. The van der Waals surface area contributed by atoms with E-state index in [1.807, 2.05) is 0 Å². The van der Waals surface area contributed by atoms with Crippen molar-refractivity contribution in [1.82, 2.24) is 10.2 Å². The smallest absolute Gasteiger partial charge is 0.257 e. The van der Waals surface area contributed by atoms with E-state index in [0.29, 0.717) is 16.4 Å². The number of nitrogens with zero attached hydrogens (tertiary/aromatic N) is 2. The third-order valence-electron chi connectivity index (χ3n) is 2.48. The molecule has 23 heavy (non-hydrogen) atoms. The molecular formula is C13H16N4O3S3. The second-order valence-electron chi connectivity index (χ2n) is 4.63. The van der Waals surface area contributed by atoms with Crippen LogP contribution in [0.3, 0.4) is 0 Å². The standard InChI is InChI=1S/C13H16N4O3S3/c1-3-7-21-13-16-15-12(22-13)14-11(18)9-5-4-6-10(8-9)17-23(2,19)20/h4-6,8,17H,3,7H2,1-2H3,(H,14,15,18). The minimum Gasteiger partial charge on any atom is -0.296 e. The van der Waals surface area contributed by atoms with E-state index in [-0.39, 0.29) is 5.91 Å². The zero-order valence-electron chi connectivity index (χ0n) is 12.6. The average Bonchev–Trinajstić information content (AvgIpc) is 2.91. The fourth-order valence-corrected chi connectivity index (χ4v) is 3.84. The fourth-order valence-electron chi connectivity index (χ4n) is 1.62. The van der Waals surface area contributed by atoms with Crippen molar-refractivity contribution >= 4 is 49.8 Å². The first-order valence-electron chi connectivity index (χ1n) is 6.73. The highest BCUT2D eigenvalue weighted by Gasteiger charge is 2.12. The van der Waals surface area contributed by atoms with Crippen molar-refractivity contribution in [2.45, 2.75) is 17.7 Å². The van der Waals surface area contributed by atoms with E-state index in [1.165, 1.54) is 17.4 Å². The number of nitrogens with one attached hydrogen (secondary N) is 2. The Morgan fingerprint density at radius 2 is 2.13 bits per heavy atom. The highest BCUT2D eigenvalue weighted by Crippen LogP contribution is 2.26. The van der Waals surface area contributed by atoms with Crippen LogP contribution in [-0.4, -0.2) is 36.5 Å². The number of thioether (sulfide) groups is 1. The molecule has 1 aromatic heterocycles. The molecule has 2 aromatic rings. The molecule has 0 aliphatic carbocycles. The van der Waals surface area contributed by atoms with E-state index >= 15 is 0 Å². The van der Waals surface area contributed by atoms with Gasteiger partial charge in [-0.25, -0.2) is 8.42 Å². The monoisotopic (exact) mass is 372 g/mol. The van der Waals surface area contributed by atoms with E-state index in [2.05, 4.69) is 27.2 Å². The number of amides is 1. The van der Waals surface area contributed by atoms with E-state index in [1.54, 1.807) is 30.0 Å². The largest absolute Gasteiger partial charge is 0.296 e. The van der Waals surface area contributed by atoms with Gasteiger partial charge in [-0.15, -0.1) is 10.2 Å². The molecule has 10 heteroatoms. The van der Waals surface area contributed by atoms with Crippen LogP contribution in [0.1, 0.15) is 23.7 Å². The number of aromatic nitrogens is 2. The lowest BCUT2D eigenvalue weighted by atomic mass is 10.2. The summed E-state index contributed by atoms with van der Waals surface area (Å²) in [7, 11) is -3.39. The Balaban J connectivity index is 2.05. The lowest BCUT2D eigenvalue weighted by molar-refractivity contribution is 0.102. The van der Waals surface area contributed by atoms with Crippen LogP contribution in [0, 0.1) is 0 Å². The Labute approximate surface area is 143 Å². The molecule has 0 bridgehead atoms. The molecule has 0 saturated heterocycles. The molecule has 0 aliphatic rings. The molecule has 0 aliphatic heterocycles. The number of benzene rings is 1. The van der Waals surface area contributed by atoms with Crippen molar-refractivity contribution in [3.63, 3.8) is 0 Å². The van der Waals surface area contributed by atoms with E-state index in [9.17, 15) is 13.2 Å². The van der Waals surface area contributed by atoms with E-state index in [4.69, 9.17) is 0 Å². The Morgan fingerprint density at radius 1 is 1.35 bits per heavy atom. The number of carbonyl (C=O) groups excluding carboxylic acids is 1. The van der Waals surface area contributed by atoms with Gasteiger partial charge in [0, 0.05) is 17.0 Å². The summed E-state index contributed by atoms with van der Waals surface area (Å²) in [5.74, 6) is 0.576. The number of anilines is 2. The Hall–Kier alpha value is -1.65. The fraction of sp³-hybridized carbons (Fsp3) is 0.308. The molecule has 1 heterocycles. The molecular weight excluding hydrogens is 356 g/mol. The van der Waals surface area contributed by atoms with Gasteiger partial charge >= 0.3 is 0 Å². The Bertz CT molecular complexity index is 789. The number of sulfonamides is 1. The molecule has 0 fully saturated rings. The van der Waals surface area contributed by atoms with Crippen LogP contribution in [0.15, 0.2) is 28.6 Å². The summed E-state index contributed by atoms with van der Waals surface area (Å²) in [6.45, 7) is 2.08. The zero-order chi connectivity index (χ0) is 16.9. The van der Waals surface area contributed by atoms with Crippen molar-refractivity contribution in [2.24, 2.45) is 0 Å².